The molecule has 4 nitrogen and oxygen atoms in total. The number of carboxylic acid groups (broad SMARTS) is 1. The average Bonchev–Trinajstić information content (AvgIpc) is 2.54. The third kappa shape index (κ3) is 2.24. The SMILES string of the molecule is O=C(O)c1ccc2c(c1)S(=O)(=O)c1ccc(Cl)cc1C=C2. The molecule has 0 radical (unpaired) electrons. The fraction of sp³-hybridized carbons (Fsp3) is 0. The van der Waals surface area contributed by atoms with Crippen LogP contribution < -0.4 is 0 Å². The van der Waals surface area contributed by atoms with E-state index in [1.54, 1.807) is 18.2 Å². The van der Waals surface area contributed by atoms with E-state index in [4.69, 9.17) is 16.7 Å². The van der Waals surface area contributed by atoms with Crippen molar-refractivity contribution in [3.8, 4) is 0 Å². The van der Waals surface area contributed by atoms with Gasteiger partial charge in [0.2, 0.25) is 9.84 Å². The smallest absolute Gasteiger partial charge is 0.335 e. The largest absolute Gasteiger partial charge is 0.478 e. The van der Waals surface area contributed by atoms with Crippen molar-refractivity contribution in [3.05, 3.63) is 58.1 Å². The summed E-state index contributed by atoms with van der Waals surface area (Å²) in [6, 6.07) is 8.54. The van der Waals surface area contributed by atoms with Crippen molar-refractivity contribution < 1.29 is 18.3 Å². The van der Waals surface area contributed by atoms with Crippen LogP contribution in [-0.2, 0) is 9.84 Å². The van der Waals surface area contributed by atoms with Gasteiger partial charge in [0.25, 0.3) is 0 Å². The van der Waals surface area contributed by atoms with Gasteiger partial charge in [-0.2, -0.15) is 0 Å². The predicted octanol–water partition coefficient (Wildman–Crippen LogP) is 3.35. The summed E-state index contributed by atoms with van der Waals surface area (Å²) in [5, 5.41) is 9.46. The fourth-order valence-corrected chi connectivity index (χ4v) is 4.06. The van der Waals surface area contributed by atoms with E-state index in [9.17, 15) is 13.2 Å². The predicted molar refractivity (Wildman–Crippen MR) is 79.2 cm³/mol. The van der Waals surface area contributed by atoms with Crippen LogP contribution in [0.25, 0.3) is 12.2 Å². The van der Waals surface area contributed by atoms with E-state index in [0.29, 0.717) is 16.1 Å². The number of benzene rings is 2. The molecule has 6 heteroatoms. The highest BCUT2D eigenvalue weighted by Gasteiger charge is 2.26. The van der Waals surface area contributed by atoms with Crippen molar-refractivity contribution in [1.29, 1.82) is 0 Å². The molecule has 0 bridgehead atoms. The van der Waals surface area contributed by atoms with Gasteiger partial charge in [0.15, 0.2) is 0 Å². The Balaban J connectivity index is 2.34. The number of sulfone groups is 1. The standard InChI is InChI=1S/C15H9ClO4S/c16-12-5-6-13-10(7-12)3-1-9-2-4-11(15(17)18)8-14(9)21(13,19)20/h1-8H,(H,17,18). The first-order chi connectivity index (χ1) is 9.89. The van der Waals surface area contributed by atoms with Gasteiger partial charge in [0.05, 0.1) is 15.4 Å². The zero-order chi connectivity index (χ0) is 15.2. The molecule has 106 valence electrons. The van der Waals surface area contributed by atoms with Gasteiger partial charge in [-0.25, -0.2) is 13.2 Å². The topological polar surface area (TPSA) is 71.4 Å². The fourth-order valence-electron chi connectivity index (χ4n) is 2.23. The van der Waals surface area contributed by atoms with Crippen LogP contribution in [0.4, 0.5) is 0 Å². The molecule has 2 aromatic rings. The maximum absolute atomic E-state index is 12.7. The number of rotatable bonds is 1. The first-order valence-electron chi connectivity index (χ1n) is 6.00. The summed E-state index contributed by atoms with van der Waals surface area (Å²) in [5.41, 5.74) is 0.867. The van der Waals surface area contributed by atoms with Crippen LogP contribution in [0.15, 0.2) is 46.2 Å². The Morgan fingerprint density at radius 2 is 1.67 bits per heavy atom. The number of aromatic carboxylic acids is 1. The maximum Gasteiger partial charge on any atom is 0.335 e. The molecule has 2 aromatic carbocycles. The molecule has 0 saturated carbocycles. The molecule has 21 heavy (non-hydrogen) atoms. The highest BCUT2D eigenvalue weighted by atomic mass is 35.5. The lowest BCUT2D eigenvalue weighted by Gasteiger charge is -2.09. The van der Waals surface area contributed by atoms with E-state index in [1.807, 2.05) is 0 Å². The molecule has 0 amide bonds. The number of hydrogen-bond acceptors (Lipinski definition) is 3. The lowest BCUT2D eigenvalue weighted by atomic mass is 10.1. The molecule has 3 rings (SSSR count). The first-order valence-corrected chi connectivity index (χ1v) is 7.86. The normalized spacial score (nSPS) is 14.9. The van der Waals surface area contributed by atoms with E-state index in [2.05, 4.69) is 0 Å². The van der Waals surface area contributed by atoms with Crippen LogP contribution in [-0.4, -0.2) is 19.5 Å². The Hall–Kier alpha value is -2.11. The molecule has 0 aliphatic carbocycles. The molecule has 1 aliphatic heterocycles. The number of hydrogen-bond donors (Lipinski definition) is 1. The molecule has 0 fully saturated rings. The van der Waals surface area contributed by atoms with Crippen molar-refractivity contribution in [3.63, 3.8) is 0 Å². The van der Waals surface area contributed by atoms with Crippen LogP contribution >= 0.6 is 11.6 Å². The lowest BCUT2D eigenvalue weighted by molar-refractivity contribution is 0.0696. The Kier molecular flexibility index (Phi) is 3.11. The van der Waals surface area contributed by atoms with E-state index < -0.39 is 15.8 Å². The zero-order valence-electron chi connectivity index (χ0n) is 10.6. The summed E-state index contributed by atoms with van der Waals surface area (Å²) in [6.45, 7) is 0. The summed E-state index contributed by atoms with van der Waals surface area (Å²) in [6.07, 6.45) is 3.30. The van der Waals surface area contributed by atoms with Crippen molar-refractivity contribution in [2.45, 2.75) is 9.79 Å². The molecule has 0 unspecified atom stereocenters. The summed E-state index contributed by atoms with van der Waals surface area (Å²) < 4.78 is 25.5. The summed E-state index contributed by atoms with van der Waals surface area (Å²) >= 11 is 5.89. The van der Waals surface area contributed by atoms with Gasteiger partial charge >= 0.3 is 5.97 Å². The molecule has 0 aromatic heterocycles. The first kappa shape index (κ1) is 13.9. The Morgan fingerprint density at radius 3 is 2.38 bits per heavy atom. The highest BCUT2D eigenvalue weighted by Crippen LogP contribution is 2.33. The van der Waals surface area contributed by atoms with Crippen molar-refractivity contribution in [1.82, 2.24) is 0 Å². The molecule has 1 heterocycles. The van der Waals surface area contributed by atoms with Gasteiger partial charge in [0, 0.05) is 5.02 Å². The van der Waals surface area contributed by atoms with Gasteiger partial charge in [-0.15, -0.1) is 0 Å². The molecular formula is C15H9ClO4S. The minimum Gasteiger partial charge on any atom is -0.478 e. The van der Waals surface area contributed by atoms with Crippen LogP contribution in [0.3, 0.4) is 0 Å². The van der Waals surface area contributed by atoms with Crippen molar-refractivity contribution >= 4 is 39.6 Å². The second-order valence-corrected chi connectivity index (χ2v) is 6.90. The quantitative estimate of drug-likeness (QED) is 0.746. The van der Waals surface area contributed by atoms with Crippen molar-refractivity contribution in [2.24, 2.45) is 0 Å². The Morgan fingerprint density at radius 1 is 0.952 bits per heavy atom. The monoisotopic (exact) mass is 320 g/mol. The average molecular weight is 321 g/mol. The van der Waals surface area contributed by atoms with E-state index >= 15 is 0 Å². The van der Waals surface area contributed by atoms with Gasteiger partial charge in [-0.3, -0.25) is 0 Å². The molecule has 1 N–H and O–H groups in total. The van der Waals surface area contributed by atoms with Gasteiger partial charge < -0.3 is 5.11 Å². The minimum atomic E-state index is -3.80. The molecule has 0 atom stereocenters. The van der Waals surface area contributed by atoms with E-state index in [-0.39, 0.29) is 15.4 Å². The summed E-state index contributed by atoms with van der Waals surface area (Å²) in [7, 11) is -3.80. The maximum atomic E-state index is 12.7. The van der Waals surface area contributed by atoms with Gasteiger partial charge in [-0.05, 0) is 41.5 Å². The van der Waals surface area contributed by atoms with Crippen molar-refractivity contribution in [2.75, 3.05) is 0 Å². The number of halogens is 1. The molecule has 0 saturated heterocycles. The third-order valence-electron chi connectivity index (χ3n) is 3.25. The van der Waals surface area contributed by atoms with E-state index in [1.165, 1.54) is 30.3 Å². The zero-order valence-corrected chi connectivity index (χ0v) is 12.1. The van der Waals surface area contributed by atoms with Crippen LogP contribution in [0.1, 0.15) is 21.5 Å². The second-order valence-electron chi connectivity index (χ2n) is 4.58. The Bertz CT molecular complexity index is 898. The second kappa shape index (κ2) is 4.72. The van der Waals surface area contributed by atoms with Crippen LogP contribution in [0.2, 0.25) is 5.02 Å². The molecular weight excluding hydrogens is 312 g/mol. The lowest BCUT2D eigenvalue weighted by Crippen LogP contribution is -2.07. The van der Waals surface area contributed by atoms with Gasteiger partial charge in [-0.1, -0.05) is 29.8 Å². The molecule has 1 aliphatic rings. The highest BCUT2D eigenvalue weighted by molar-refractivity contribution is 7.91. The Labute approximate surface area is 126 Å². The van der Waals surface area contributed by atoms with E-state index in [0.717, 1.165) is 0 Å². The number of carbonyl (C=O) groups is 1. The minimum absolute atomic E-state index is 0.0141. The molecule has 0 spiro atoms. The van der Waals surface area contributed by atoms with Crippen LogP contribution in [0, 0.1) is 0 Å². The third-order valence-corrected chi connectivity index (χ3v) is 5.37. The number of fused-ring (bicyclic) bond motifs is 2. The number of carboxylic acids is 1. The summed E-state index contributed by atoms with van der Waals surface area (Å²) in [4.78, 5) is 11.1. The van der Waals surface area contributed by atoms with Crippen LogP contribution in [0.5, 0.6) is 0 Å². The van der Waals surface area contributed by atoms with Gasteiger partial charge in [0.1, 0.15) is 0 Å². The summed E-state index contributed by atoms with van der Waals surface area (Å²) in [5.74, 6) is -1.17.